The highest BCUT2D eigenvalue weighted by Crippen LogP contribution is 2.40. The van der Waals surface area contributed by atoms with Crippen LogP contribution in [0.2, 0.25) is 5.02 Å². The molecule has 0 saturated heterocycles. The zero-order valence-corrected chi connectivity index (χ0v) is 14.2. The van der Waals surface area contributed by atoms with Crippen LogP contribution in [0.1, 0.15) is 51.1 Å². The van der Waals surface area contributed by atoms with Crippen LogP contribution in [-0.4, -0.2) is 30.2 Å². The van der Waals surface area contributed by atoms with Gasteiger partial charge in [0.15, 0.2) is 0 Å². The van der Waals surface area contributed by atoms with Gasteiger partial charge in [-0.3, -0.25) is 4.90 Å². The van der Waals surface area contributed by atoms with E-state index in [1.54, 1.807) is 0 Å². The van der Waals surface area contributed by atoms with Gasteiger partial charge in [-0.15, -0.1) is 0 Å². The third-order valence-corrected chi connectivity index (χ3v) is 5.62. The van der Waals surface area contributed by atoms with Crippen LogP contribution >= 0.6 is 11.6 Å². The fourth-order valence-corrected chi connectivity index (χ4v) is 3.75. The van der Waals surface area contributed by atoms with Crippen LogP contribution in [-0.2, 0) is 0 Å². The lowest BCUT2D eigenvalue weighted by atomic mass is 9.71. The Balaban J connectivity index is 2.06. The van der Waals surface area contributed by atoms with E-state index in [1.807, 2.05) is 18.2 Å². The van der Waals surface area contributed by atoms with Gasteiger partial charge in [-0.25, -0.2) is 0 Å². The van der Waals surface area contributed by atoms with E-state index in [0.717, 1.165) is 30.3 Å². The van der Waals surface area contributed by atoms with Crippen LogP contribution in [0.4, 0.5) is 0 Å². The van der Waals surface area contributed by atoms with Crippen molar-refractivity contribution in [1.29, 1.82) is 0 Å². The molecule has 1 atom stereocenters. The maximum atomic E-state index is 9.93. The van der Waals surface area contributed by atoms with Crippen molar-refractivity contribution in [2.45, 2.75) is 45.6 Å². The summed E-state index contributed by atoms with van der Waals surface area (Å²) in [5.41, 5.74) is 1.23. The minimum Gasteiger partial charge on any atom is -0.396 e. The van der Waals surface area contributed by atoms with Gasteiger partial charge in [0.1, 0.15) is 0 Å². The van der Waals surface area contributed by atoms with Crippen molar-refractivity contribution in [3.8, 4) is 0 Å². The van der Waals surface area contributed by atoms with Gasteiger partial charge in [-0.2, -0.15) is 0 Å². The van der Waals surface area contributed by atoms with Gasteiger partial charge in [-0.05, 0) is 44.4 Å². The monoisotopic (exact) mass is 309 g/mol. The van der Waals surface area contributed by atoms with Crippen LogP contribution in [0.15, 0.2) is 24.3 Å². The number of hydrogen-bond acceptors (Lipinski definition) is 2. The highest BCUT2D eigenvalue weighted by Gasteiger charge is 2.35. The second kappa shape index (κ2) is 7.13. The highest BCUT2D eigenvalue weighted by molar-refractivity contribution is 6.31. The Hall–Kier alpha value is -0.570. The Kier molecular flexibility index (Phi) is 5.70. The molecule has 1 fully saturated rings. The van der Waals surface area contributed by atoms with Crippen molar-refractivity contribution in [3.05, 3.63) is 34.9 Å². The lowest BCUT2D eigenvalue weighted by molar-refractivity contribution is 0.0267. The molecular formula is C18H28ClNO. The largest absolute Gasteiger partial charge is 0.396 e. The van der Waals surface area contributed by atoms with Gasteiger partial charge < -0.3 is 5.11 Å². The van der Waals surface area contributed by atoms with Crippen molar-refractivity contribution in [2.24, 2.45) is 11.3 Å². The summed E-state index contributed by atoms with van der Waals surface area (Å²) >= 11 is 6.32. The predicted octanol–water partition coefficient (Wildman–Crippen LogP) is 4.52. The molecule has 0 amide bonds. The Morgan fingerprint density at radius 3 is 2.52 bits per heavy atom. The summed E-state index contributed by atoms with van der Waals surface area (Å²) in [6.45, 7) is 5.73. The van der Waals surface area contributed by atoms with E-state index in [4.69, 9.17) is 11.6 Å². The average Bonchev–Trinajstić information content (AvgIpc) is 2.49. The summed E-state index contributed by atoms with van der Waals surface area (Å²) in [7, 11) is 2.14. The van der Waals surface area contributed by atoms with Crippen molar-refractivity contribution in [1.82, 2.24) is 4.90 Å². The van der Waals surface area contributed by atoms with E-state index in [2.05, 4.69) is 31.9 Å². The van der Waals surface area contributed by atoms with Crippen LogP contribution in [0.3, 0.4) is 0 Å². The van der Waals surface area contributed by atoms with Gasteiger partial charge in [-0.1, -0.05) is 49.6 Å². The quantitative estimate of drug-likeness (QED) is 0.864. The lowest BCUT2D eigenvalue weighted by Crippen LogP contribution is -2.42. The zero-order valence-electron chi connectivity index (χ0n) is 13.5. The molecule has 118 valence electrons. The molecule has 1 saturated carbocycles. The SMILES string of the molecule is CC1CCC(CO)(CN(C)C(C)c2ccccc2Cl)CC1. The molecule has 0 aromatic heterocycles. The molecule has 0 radical (unpaired) electrons. The molecule has 0 bridgehead atoms. The van der Waals surface area contributed by atoms with E-state index < -0.39 is 0 Å². The second-order valence-electron chi connectivity index (χ2n) is 6.95. The van der Waals surface area contributed by atoms with Gasteiger partial charge in [0.25, 0.3) is 0 Å². The molecule has 1 unspecified atom stereocenters. The maximum Gasteiger partial charge on any atom is 0.0499 e. The minimum absolute atomic E-state index is 0.0662. The summed E-state index contributed by atoms with van der Waals surface area (Å²) < 4.78 is 0. The summed E-state index contributed by atoms with van der Waals surface area (Å²) in [6.07, 6.45) is 4.72. The Labute approximate surface area is 134 Å². The molecule has 0 heterocycles. The topological polar surface area (TPSA) is 23.5 Å². The van der Waals surface area contributed by atoms with Crippen molar-refractivity contribution in [2.75, 3.05) is 20.2 Å². The molecule has 0 spiro atoms. The lowest BCUT2D eigenvalue weighted by Gasteiger charge is -2.42. The Morgan fingerprint density at radius 2 is 1.95 bits per heavy atom. The predicted molar refractivity (Wildman–Crippen MR) is 89.6 cm³/mol. The fourth-order valence-electron chi connectivity index (χ4n) is 3.46. The van der Waals surface area contributed by atoms with Crippen LogP contribution in [0.5, 0.6) is 0 Å². The number of rotatable bonds is 5. The van der Waals surface area contributed by atoms with Crippen LogP contribution < -0.4 is 0 Å². The molecular weight excluding hydrogens is 282 g/mol. The van der Waals surface area contributed by atoms with E-state index in [1.165, 1.54) is 18.4 Å². The summed E-state index contributed by atoms with van der Waals surface area (Å²) in [5.74, 6) is 0.802. The normalized spacial score (nSPS) is 27.8. The number of aliphatic hydroxyl groups is 1. The van der Waals surface area contributed by atoms with Crippen molar-refractivity contribution in [3.63, 3.8) is 0 Å². The fraction of sp³-hybridized carbons (Fsp3) is 0.667. The first-order valence-electron chi connectivity index (χ1n) is 8.03. The summed E-state index contributed by atoms with van der Waals surface area (Å²) in [5, 5.41) is 10.8. The van der Waals surface area contributed by atoms with Crippen LogP contribution in [0, 0.1) is 11.3 Å². The van der Waals surface area contributed by atoms with E-state index in [9.17, 15) is 5.11 Å². The second-order valence-corrected chi connectivity index (χ2v) is 7.36. The Bertz CT molecular complexity index is 454. The van der Waals surface area contributed by atoms with E-state index >= 15 is 0 Å². The number of aliphatic hydroxyl groups excluding tert-OH is 1. The van der Waals surface area contributed by atoms with E-state index in [-0.39, 0.29) is 11.5 Å². The zero-order chi connectivity index (χ0) is 15.5. The molecule has 2 nitrogen and oxygen atoms in total. The first-order chi connectivity index (χ1) is 9.97. The first-order valence-corrected chi connectivity index (χ1v) is 8.41. The van der Waals surface area contributed by atoms with Crippen molar-refractivity contribution < 1.29 is 5.11 Å². The Morgan fingerprint density at radius 1 is 1.33 bits per heavy atom. The third kappa shape index (κ3) is 4.00. The number of hydrogen-bond donors (Lipinski definition) is 1. The molecule has 1 aliphatic rings. The van der Waals surface area contributed by atoms with Gasteiger partial charge in [0.05, 0.1) is 0 Å². The third-order valence-electron chi connectivity index (χ3n) is 5.27. The van der Waals surface area contributed by atoms with Crippen LogP contribution in [0.25, 0.3) is 0 Å². The van der Waals surface area contributed by atoms with Crippen molar-refractivity contribution >= 4 is 11.6 Å². The first kappa shape index (κ1) is 16.8. The molecule has 21 heavy (non-hydrogen) atoms. The molecule has 1 aromatic carbocycles. The highest BCUT2D eigenvalue weighted by atomic mass is 35.5. The minimum atomic E-state index is 0.0662. The molecule has 2 rings (SSSR count). The molecule has 1 aliphatic carbocycles. The number of benzene rings is 1. The van der Waals surface area contributed by atoms with Gasteiger partial charge in [0.2, 0.25) is 0 Å². The van der Waals surface area contributed by atoms with Gasteiger partial charge in [0, 0.05) is 29.6 Å². The molecule has 0 aliphatic heterocycles. The average molecular weight is 310 g/mol. The smallest absolute Gasteiger partial charge is 0.0499 e. The summed E-state index contributed by atoms with van der Waals surface area (Å²) in [4.78, 5) is 2.34. The number of halogens is 1. The number of nitrogens with zero attached hydrogens (tertiary/aromatic N) is 1. The van der Waals surface area contributed by atoms with Gasteiger partial charge >= 0.3 is 0 Å². The molecule has 1 aromatic rings. The van der Waals surface area contributed by atoms with E-state index in [0.29, 0.717) is 6.61 Å². The summed E-state index contributed by atoms with van der Waals surface area (Å²) in [6, 6.07) is 8.32. The standard InChI is InChI=1S/C18H28ClNO/c1-14-8-10-18(13-21,11-9-14)12-20(3)15(2)16-6-4-5-7-17(16)19/h4-7,14-15,21H,8-13H2,1-3H3. The molecule has 1 N–H and O–H groups in total. The maximum absolute atomic E-state index is 9.93. The molecule has 3 heteroatoms.